The largest absolute Gasteiger partial charge is 0.385 e. The Bertz CT molecular complexity index is 268. The molecule has 2 N–H and O–H groups in total. The molecule has 1 aromatic rings. The normalized spacial score (nSPS) is 15.7. The summed E-state index contributed by atoms with van der Waals surface area (Å²) < 4.78 is 5.03. The van der Waals surface area contributed by atoms with E-state index in [9.17, 15) is 0 Å². The molecule has 0 saturated heterocycles. The molecule has 0 aliphatic heterocycles. The first kappa shape index (κ1) is 10.7. The van der Waals surface area contributed by atoms with Crippen LogP contribution < -0.4 is 5.73 Å². The average Bonchev–Trinajstić information content (AvgIpc) is 2.49. The summed E-state index contributed by atoms with van der Waals surface area (Å²) in [5.74, 6) is 0. The SMILES string of the molecule is COCCC(C)(N)c1csc(C)c1. The van der Waals surface area contributed by atoms with Crippen LogP contribution in [-0.2, 0) is 10.3 Å². The second-order valence-corrected chi connectivity index (χ2v) is 4.72. The first-order valence-electron chi connectivity index (χ1n) is 4.40. The van der Waals surface area contributed by atoms with Gasteiger partial charge in [0, 0.05) is 24.1 Å². The maximum absolute atomic E-state index is 6.16. The molecule has 0 fully saturated rings. The molecule has 0 saturated carbocycles. The summed E-state index contributed by atoms with van der Waals surface area (Å²) in [5, 5.41) is 2.13. The Morgan fingerprint density at radius 2 is 2.31 bits per heavy atom. The van der Waals surface area contributed by atoms with Crippen molar-refractivity contribution in [2.24, 2.45) is 5.73 Å². The number of thiophene rings is 1. The van der Waals surface area contributed by atoms with Crippen LogP contribution in [0.4, 0.5) is 0 Å². The number of hydrogen-bond donors (Lipinski definition) is 1. The van der Waals surface area contributed by atoms with E-state index >= 15 is 0 Å². The van der Waals surface area contributed by atoms with E-state index in [4.69, 9.17) is 10.5 Å². The Hall–Kier alpha value is -0.380. The van der Waals surface area contributed by atoms with E-state index in [-0.39, 0.29) is 5.54 Å². The molecule has 2 nitrogen and oxygen atoms in total. The minimum absolute atomic E-state index is 0.249. The molecule has 0 aromatic carbocycles. The lowest BCUT2D eigenvalue weighted by atomic mass is 9.92. The first-order valence-corrected chi connectivity index (χ1v) is 5.27. The molecular weight excluding hydrogens is 182 g/mol. The van der Waals surface area contributed by atoms with Gasteiger partial charge in [-0.1, -0.05) is 0 Å². The summed E-state index contributed by atoms with van der Waals surface area (Å²) in [4.78, 5) is 1.31. The number of aryl methyl sites for hydroxylation is 1. The standard InChI is InChI=1S/C10H17NOS/c1-8-6-9(7-13-8)10(2,11)4-5-12-3/h6-7H,4-5,11H2,1-3H3. The van der Waals surface area contributed by atoms with Crippen molar-refractivity contribution in [1.82, 2.24) is 0 Å². The van der Waals surface area contributed by atoms with Crippen molar-refractivity contribution in [3.8, 4) is 0 Å². The van der Waals surface area contributed by atoms with Crippen LogP contribution in [0.3, 0.4) is 0 Å². The van der Waals surface area contributed by atoms with Gasteiger partial charge in [0.05, 0.1) is 0 Å². The summed E-state index contributed by atoms with van der Waals surface area (Å²) in [5.41, 5.74) is 7.13. The van der Waals surface area contributed by atoms with Gasteiger partial charge in [0.2, 0.25) is 0 Å². The van der Waals surface area contributed by atoms with Gasteiger partial charge >= 0.3 is 0 Å². The Kier molecular flexibility index (Phi) is 3.47. The van der Waals surface area contributed by atoms with Crippen molar-refractivity contribution >= 4 is 11.3 Å². The van der Waals surface area contributed by atoms with Crippen LogP contribution >= 0.6 is 11.3 Å². The Balaban J connectivity index is 2.68. The number of nitrogens with two attached hydrogens (primary N) is 1. The molecule has 74 valence electrons. The predicted molar refractivity (Wildman–Crippen MR) is 57.1 cm³/mol. The second kappa shape index (κ2) is 4.22. The Labute approximate surface area is 83.7 Å². The van der Waals surface area contributed by atoms with Crippen molar-refractivity contribution < 1.29 is 4.74 Å². The summed E-state index contributed by atoms with van der Waals surface area (Å²) in [6.45, 7) is 4.86. The monoisotopic (exact) mass is 199 g/mol. The molecule has 0 spiro atoms. The zero-order chi connectivity index (χ0) is 9.90. The fourth-order valence-corrected chi connectivity index (χ4v) is 2.05. The van der Waals surface area contributed by atoms with Gasteiger partial charge in [-0.15, -0.1) is 11.3 Å². The molecular formula is C10H17NOS. The number of rotatable bonds is 4. The fourth-order valence-electron chi connectivity index (χ4n) is 1.20. The van der Waals surface area contributed by atoms with Gasteiger partial charge < -0.3 is 10.5 Å². The molecule has 1 aromatic heterocycles. The van der Waals surface area contributed by atoms with Gasteiger partial charge in [-0.2, -0.15) is 0 Å². The lowest BCUT2D eigenvalue weighted by molar-refractivity contribution is 0.172. The maximum Gasteiger partial charge on any atom is 0.0483 e. The van der Waals surface area contributed by atoms with Gasteiger partial charge in [0.15, 0.2) is 0 Å². The van der Waals surface area contributed by atoms with Gasteiger partial charge in [0.1, 0.15) is 0 Å². The fraction of sp³-hybridized carbons (Fsp3) is 0.600. The van der Waals surface area contributed by atoms with Gasteiger partial charge in [-0.25, -0.2) is 0 Å². The molecule has 0 amide bonds. The molecule has 0 aliphatic rings. The summed E-state index contributed by atoms with van der Waals surface area (Å²) in [6, 6.07) is 2.15. The maximum atomic E-state index is 6.16. The number of ether oxygens (including phenoxy) is 1. The van der Waals surface area contributed by atoms with Crippen molar-refractivity contribution in [2.45, 2.75) is 25.8 Å². The molecule has 1 atom stereocenters. The summed E-state index contributed by atoms with van der Waals surface area (Å²) in [7, 11) is 1.70. The second-order valence-electron chi connectivity index (χ2n) is 3.61. The van der Waals surface area contributed by atoms with Crippen LogP contribution in [0.2, 0.25) is 0 Å². The molecule has 13 heavy (non-hydrogen) atoms. The topological polar surface area (TPSA) is 35.2 Å². The third-order valence-electron chi connectivity index (χ3n) is 2.22. The lowest BCUT2D eigenvalue weighted by Gasteiger charge is -2.23. The predicted octanol–water partition coefficient (Wildman–Crippen LogP) is 2.27. The van der Waals surface area contributed by atoms with Crippen LogP contribution in [0.25, 0.3) is 0 Å². The molecule has 3 heteroatoms. The zero-order valence-corrected chi connectivity index (χ0v) is 9.28. The Morgan fingerprint density at radius 3 is 2.77 bits per heavy atom. The van der Waals surface area contributed by atoms with E-state index in [0.29, 0.717) is 6.61 Å². The summed E-state index contributed by atoms with van der Waals surface area (Å²) >= 11 is 1.74. The van der Waals surface area contributed by atoms with Crippen LogP contribution in [-0.4, -0.2) is 13.7 Å². The average molecular weight is 199 g/mol. The molecule has 1 unspecified atom stereocenters. The van der Waals surface area contributed by atoms with Gasteiger partial charge in [-0.3, -0.25) is 0 Å². The molecule has 1 rings (SSSR count). The van der Waals surface area contributed by atoms with Gasteiger partial charge in [-0.05, 0) is 37.3 Å². The third kappa shape index (κ3) is 2.79. The first-order chi connectivity index (χ1) is 6.06. The third-order valence-corrected chi connectivity index (χ3v) is 3.08. The highest BCUT2D eigenvalue weighted by Crippen LogP contribution is 2.26. The molecule has 0 radical (unpaired) electrons. The van der Waals surface area contributed by atoms with Crippen LogP contribution in [0.15, 0.2) is 11.4 Å². The van der Waals surface area contributed by atoms with Crippen LogP contribution in [0, 0.1) is 6.92 Å². The van der Waals surface area contributed by atoms with E-state index in [1.807, 2.05) is 6.92 Å². The van der Waals surface area contributed by atoms with Crippen molar-refractivity contribution in [1.29, 1.82) is 0 Å². The minimum Gasteiger partial charge on any atom is -0.385 e. The van der Waals surface area contributed by atoms with Crippen molar-refractivity contribution in [3.63, 3.8) is 0 Å². The van der Waals surface area contributed by atoms with Crippen molar-refractivity contribution in [2.75, 3.05) is 13.7 Å². The van der Waals surface area contributed by atoms with E-state index in [1.165, 1.54) is 10.4 Å². The zero-order valence-electron chi connectivity index (χ0n) is 8.46. The lowest BCUT2D eigenvalue weighted by Crippen LogP contribution is -2.33. The summed E-state index contributed by atoms with van der Waals surface area (Å²) in [6.07, 6.45) is 0.861. The van der Waals surface area contributed by atoms with E-state index < -0.39 is 0 Å². The molecule has 0 aliphatic carbocycles. The highest BCUT2D eigenvalue weighted by Gasteiger charge is 2.21. The Morgan fingerprint density at radius 1 is 1.62 bits per heavy atom. The van der Waals surface area contributed by atoms with E-state index in [0.717, 1.165) is 6.42 Å². The van der Waals surface area contributed by atoms with E-state index in [1.54, 1.807) is 18.4 Å². The number of hydrogen-bond acceptors (Lipinski definition) is 3. The quantitative estimate of drug-likeness (QED) is 0.807. The van der Waals surface area contributed by atoms with Crippen molar-refractivity contribution in [3.05, 3.63) is 21.9 Å². The molecule has 0 bridgehead atoms. The van der Waals surface area contributed by atoms with Crippen LogP contribution in [0.1, 0.15) is 23.8 Å². The number of methoxy groups -OCH3 is 1. The van der Waals surface area contributed by atoms with Gasteiger partial charge in [0.25, 0.3) is 0 Å². The highest BCUT2D eigenvalue weighted by atomic mass is 32.1. The molecule has 1 heterocycles. The van der Waals surface area contributed by atoms with E-state index in [2.05, 4.69) is 18.4 Å². The highest BCUT2D eigenvalue weighted by molar-refractivity contribution is 7.10. The van der Waals surface area contributed by atoms with Crippen LogP contribution in [0.5, 0.6) is 0 Å². The minimum atomic E-state index is -0.249. The smallest absolute Gasteiger partial charge is 0.0483 e.